The van der Waals surface area contributed by atoms with Gasteiger partial charge in [-0.25, -0.2) is 0 Å². The molecule has 0 radical (unpaired) electrons. The fourth-order valence-corrected chi connectivity index (χ4v) is 19.0. The van der Waals surface area contributed by atoms with Crippen molar-refractivity contribution in [3.8, 4) is 111 Å². The molecule has 123 heavy (non-hydrogen) atoms. The first-order chi connectivity index (χ1) is 65.3. The van der Waals surface area contributed by atoms with E-state index in [1.54, 1.807) is 0 Å². The third-order valence-corrected chi connectivity index (χ3v) is 24.2. The number of benzene rings is 22. The topological polar surface area (TPSA) is 39.4 Å². The Morgan fingerprint density at radius 3 is 0.772 bits per heavy atom. The minimum atomic E-state index is -0.401. The first kappa shape index (κ1) is 62.1. The van der Waals surface area contributed by atoms with Gasteiger partial charge in [0.25, 0.3) is 0 Å². The molecule has 22 aromatic carbocycles. The minimum Gasteiger partial charge on any atom is -0.455 e. The molecule has 0 spiro atoms. The second-order valence-electron chi connectivity index (χ2n) is 31.0. The standard InChI is InChI=1S/C44H28O.2C38H24O/c1-3-13-29(14-4-1)30-23-25-31(26-24-30)33-27-28-39(43-38-21-11-12-22-40(38)45-44(33)43)42-36-19-9-7-17-34(36)41(32-15-5-2-6-16-32)35-18-8-10-20-37(35)42;1-3-13-25(14-4-1)27-21-11-23-33-37-32(22-12-24-34(37)39-38(27)33)36-30-19-9-7-17-28(30)35(26-15-5-2-6-16-26)29-18-8-10-20-31(29)36;1-3-13-25(14-4-1)27-23-24-33(37-32-21-11-12-22-34(32)39-38(27)37)36-30-19-9-7-17-28(30)35(26-15-5-2-6-16-26)29-18-8-10-20-31(29)36/h1-28H;2*1-24H/i;2*2D,5D,6D,15D,16D. The maximum Gasteiger partial charge on any atom is 0.143 e. The molecule has 0 amide bonds. The highest BCUT2D eigenvalue weighted by atomic mass is 16.3. The van der Waals surface area contributed by atoms with Crippen LogP contribution in [0.25, 0.3) is 242 Å². The van der Waals surface area contributed by atoms with Crippen LogP contribution in [0.1, 0.15) is 13.7 Å². The van der Waals surface area contributed by atoms with Gasteiger partial charge >= 0.3 is 0 Å². The third kappa shape index (κ3) is 12.4. The molecule has 0 aliphatic rings. The van der Waals surface area contributed by atoms with Crippen LogP contribution in [-0.2, 0) is 0 Å². The highest BCUT2D eigenvalue weighted by Gasteiger charge is 2.27. The van der Waals surface area contributed by atoms with Crippen molar-refractivity contribution in [2.24, 2.45) is 0 Å². The number of hydrogen-bond acceptors (Lipinski definition) is 3. The van der Waals surface area contributed by atoms with E-state index in [0.29, 0.717) is 11.1 Å². The van der Waals surface area contributed by atoms with Crippen LogP contribution < -0.4 is 0 Å². The number of para-hydroxylation sites is 3. The van der Waals surface area contributed by atoms with Crippen molar-refractivity contribution in [3.05, 3.63) is 461 Å². The molecule has 25 aromatic rings. The average Bonchev–Trinajstić information content (AvgIpc) is 1.71. The summed E-state index contributed by atoms with van der Waals surface area (Å²) >= 11 is 0. The van der Waals surface area contributed by atoms with E-state index in [-0.39, 0.29) is 59.5 Å². The van der Waals surface area contributed by atoms with Crippen LogP contribution in [0, 0.1) is 0 Å². The van der Waals surface area contributed by atoms with Gasteiger partial charge in [-0.05, 0) is 190 Å². The smallest absolute Gasteiger partial charge is 0.143 e. The normalized spacial score (nSPS) is 12.7. The van der Waals surface area contributed by atoms with Crippen molar-refractivity contribution in [2.75, 3.05) is 0 Å². The third-order valence-electron chi connectivity index (χ3n) is 24.2. The molecule has 0 saturated carbocycles. The van der Waals surface area contributed by atoms with E-state index in [9.17, 15) is 0 Å². The van der Waals surface area contributed by atoms with Crippen molar-refractivity contribution in [3.63, 3.8) is 0 Å². The zero-order chi connectivity index (χ0) is 90.0. The van der Waals surface area contributed by atoms with Crippen molar-refractivity contribution >= 4 is 130 Å². The van der Waals surface area contributed by atoms with Crippen LogP contribution in [0.4, 0.5) is 0 Å². The molecule has 0 aliphatic carbocycles. The summed E-state index contributed by atoms with van der Waals surface area (Å²) in [7, 11) is 0. The Morgan fingerprint density at radius 2 is 0.382 bits per heavy atom. The Hall–Kier alpha value is -16.2. The molecule has 0 saturated heterocycles. The second kappa shape index (κ2) is 30.6. The molecule has 3 nitrogen and oxygen atoms in total. The van der Waals surface area contributed by atoms with Crippen LogP contribution in [0.2, 0.25) is 0 Å². The molecular formula is C120H76O3. The summed E-state index contributed by atoms with van der Waals surface area (Å²) in [5, 5.41) is 18.2. The predicted molar refractivity (Wildman–Crippen MR) is 521 cm³/mol. The molecule has 0 atom stereocenters. The van der Waals surface area contributed by atoms with Gasteiger partial charge in [-0.2, -0.15) is 0 Å². The summed E-state index contributed by atoms with van der Waals surface area (Å²) in [6.45, 7) is 0. The lowest BCUT2D eigenvalue weighted by molar-refractivity contribution is 0.669. The average molecular weight is 1580 g/mol. The van der Waals surface area contributed by atoms with E-state index in [1.807, 2.05) is 152 Å². The zero-order valence-electron chi connectivity index (χ0n) is 76.3. The summed E-state index contributed by atoms with van der Waals surface area (Å²) in [5.74, 6) is 0. The zero-order valence-corrected chi connectivity index (χ0v) is 66.3. The van der Waals surface area contributed by atoms with Crippen molar-refractivity contribution in [2.45, 2.75) is 0 Å². The maximum atomic E-state index is 8.84. The lowest BCUT2D eigenvalue weighted by atomic mass is 9.84. The Balaban J connectivity index is 0.000000113. The fourth-order valence-electron chi connectivity index (χ4n) is 19.0. The Labute approximate surface area is 725 Å². The van der Waals surface area contributed by atoms with Gasteiger partial charge in [0.15, 0.2) is 0 Å². The first-order valence-electron chi connectivity index (χ1n) is 46.4. The first-order valence-corrected chi connectivity index (χ1v) is 41.4. The largest absolute Gasteiger partial charge is 0.455 e. The maximum absolute atomic E-state index is 8.84. The summed E-state index contributed by atoms with van der Waals surface area (Å²) in [4.78, 5) is 0. The van der Waals surface area contributed by atoms with Crippen molar-refractivity contribution in [1.82, 2.24) is 0 Å². The summed E-state index contributed by atoms with van der Waals surface area (Å²) in [5.41, 5.74) is 24.5. The highest BCUT2D eigenvalue weighted by Crippen LogP contribution is 2.53. The fraction of sp³-hybridized carbons (Fsp3) is 0. The highest BCUT2D eigenvalue weighted by molar-refractivity contribution is 6.30. The molecular weight excluding hydrogens is 1490 g/mol. The Kier molecular flexibility index (Phi) is 15.4. The molecule has 0 N–H and O–H groups in total. The van der Waals surface area contributed by atoms with E-state index in [0.717, 1.165) is 165 Å². The second-order valence-corrected chi connectivity index (χ2v) is 31.0. The van der Waals surface area contributed by atoms with Gasteiger partial charge in [-0.3, -0.25) is 0 Å². The van der Waals surface area contributed by atoms with Crippen LogP contribution in [0.3, 0.4) is 0 Å². The Bertz CT molecular complexity index is 8830. The van der Waals surface area contributed by atoms with E-state index >= 15 is 0 Å². The van der Waals surface area contributed by atoms with Gasteiger partial charge in [0.05, 0.1) is 13.7 Å². The van der Waals surface area contributed by atoms with Gasteiger partial charge in [-0.15, -0.1) is 0 Å². The van der Waals surface area contributed by atoms with Gasteiger partial charge in [-0.1, -0.05) is 430 Å². The molecule has 0 aliphatic heterocycles. The van der Waals surface area contributed by atoms with E-state index in [2.05, 4.69) is 249 Å². The number of rotatable bonds is 10. The number of hydrogen-bond donors (Lipinski definition) is 0. The van der Waals surface area contributed by atoms with Crippen molar-refractivity contribution < 1.29 is 27.0 Å². The summed E-state index contributed by atoms with van der Waals surface area (Å²) in [6, 6.07) is 135. The summed E-state index contributed by atoms with van der Waals surface area (Å²) < 4.78 is 105. The van der Waals surface area contributed by atoms with Gasteiger partial charge in [0.2, 0.25) is 0 Å². The van der Waals surface area contributed by atoms with Crippen LogP contribution in [0.5, 0.6) is 0 Å². The van der Waals surface area contributed by atoms with Crippen LogP contribution in [0.15, 0.2) is 474 Å². The van der Waals surface area contributed by atoms with Gasteiger partial charge in [0, 0.05) is 49.0 Å². The van der Waals surface area contributed by atoms with Gasteiger partial charge < -0.3 is 13.3 Å². The molecule has 3 aromatic heterocycles. The van der Waals surface area contributed by atoms with Crippen molar-refractivity contribution in [1.29, 1.82) is 0 Å². The van der Waals surface area contributed by atoms with E-state index < -0.39 is 12.1 Å². The number of fused-ring (bicyclic) bond motifs is 15. The SMILES string of the molecule is [2H]c1c([2H])c([2H])c(-c2c3ccccc3c(-c3ccc(-c4ccccc4)c4oc5ccccc5c34)c3ccccc23)c([2H])c1[2H].[2H]c1c([2H])c([2H])c(-c2c3ccccc3c(-c3cccc4oc5c(-c6ccccc6)cccc5c34)c3ccccc23)c([2H])c1[2H].c1ccc(-c2ccc(-c3ccc(-c4c5ccccc5c(-c5ccccc5)c5ccccc45)c4c3oc3ccccc34)cc2)cc1. The minimum absolute atomic E-state index is 0.202. The molecule has 574 valence electrons. The lowest BCUT2D eigenvalue weighted by Crippen LogP contribution is -1.91. The monoisotopic (exact) mass is 1570 g/mol. The van der Waals surface area contributed by atoms with Gasteiger partial charge in [0.1, 0.15) is 33.5 Å². The Morgan fingerprint density at radius 1 is 0.138 bits per heavy atom. The molecule has 0 unspecified atom stereocenters. The molecule has 0 bridgehead atoms. The number of furan rings is 3. The predicted octanol–water partition coefficient (Wildman–Crippen LogP) is 34.3. The van der Waals surface area contributed by atoms with E-state index in [1.165, 1.54) is 54.9 Å². The lowest BCUT2D eigenvalue weighted by Gasteiger charge is -2.18. The molecule has 3 heterocycles. The summed E-state index contributed by atoms with van der Waals surface area (Å²) in [6.07, 6.45) is 0. The van der Waals surface area contributed by atoms with E-state index in [4.69, 9.17) is 27.0 Å². The molecule has 3 heteroatoms. The quantitative estimate of drug-likeness (QED) is 0.128. The molecule has 25 rings (SSSR count). The van der Waals surface area contributed by atoms with Crippen LogP contribution >= 0.6 is 0 Å². The van der Waals surface area contributed by atoms with Crippen LogP contribution in [-0.4, -0.2) is 0 Å². The molecule has 0 fully saturated rings.